The number of piperidine rings is 2. The third-order valence-corrected chi connectivity index (χ3v) is 7.77. The van der Waals surface area contributed by atoms with Crippen LogP contribution in [0.25, 0.3) is 0 Å². The molecule has 1 unspecified atom stereocenters. The van der Waals surface area contributed by atoms with Crippen molar-refractivity contribution in [3.05, 3.63) is 35.6 Å². The number of hydrogen-bond donors (Lipinski definition) is 0. The van der Waals surface area contributed by atoms with Crippen molar-refractivity contribution in [2.24, 2.45) is 0 Å². The van der Waals surface area contributed by atoms with Gasteiger partial charge in [0.2, 0.25) is 5.91 Å². The van der Waals surface area contributed by atoms with Crippen LogP contribution < -0.4 is 0 Å². The maximum Gasteiger partial charge on any atom is 0.343 e. The fourth-order valence-electron chi connectivity index (χ4n) is 4.25. The van der Waals surface area contributed by atoms with E-state index in [0.717, 1.165) is 31.2 Å². The highest BCUT2D eigenvalue weighted by Gasteiger charge is 2.50. The number of halogens is 1. The monoisotopic (exact) mass is 383 g/mol. The summed E-state index contributed by atoms with van der Waals surface area (Å²) in [4.78, 5) is 15.2. The summed E-state index contributed by atoms with van der Waals surface area (Å²) >= 11 is 0. The number of hydrogen-bond acceptors (Lipinski definition) is 4. The molecular formula is C19H27FNO4P. The molecule has 3 atom stereocenters. The molecule has 0 N–H and O–H groups in total. The van der Waals surface area contributed by atoms with E-state index in [2.05, 4.69) is 0 Å². The zero-order valence-corrected chi connectivity index (χ0v) is 16.3. The van der Waals surface area contributed by atoms with Crippen LogP contribution in [0.4, 0.5) is 4.39 Å². The minimum absolute atomic E-state index is 0.109. The predicted molar refractivity (Wildman–Crippen MR) is 97.5 cm³/mol. The molecule has 2 fully saturated rings. The van der Waals surface area contributed by atoms with Crippen LogP contribution in [0.15, 0.2) is 24.3 Å². The van der Waals surface area contributed by atoms with Crippen LogP contribution in [0.2, 0.25) is 0 Å². The van der Waals surface area contributed by atoms with Gasteiger partial charge in [0.1, 0.15) is 11.5 Å². The number of benzene rings is 1. The Bertz CT molecular complexity index is 688. The van der Waals surface area contributed by atoms with Gasteiger partial charge in [0.15, 0.2) is 0 Å². The number of rotatable bonds is 6. The van der Waals surface area contributed by atoms with Gasteiger partial charge in [-0.2, -0.15) is 0 Å². The standard InChI is InChI=1S/C19H27FNO4P/c1-3-24-26(23,25-4-2)18-12-11-16-9-6-10-17(21(16)19(18)22)14-7-5-8-15(20)13-14/h5,7-8,13,16-18H,3-4,6,9-12H2,1-2H3/t16-,17-,18?/m0/s1. The van der Waals surface area contributed by atoms with Crippen molar-refractivity contribution in [2.75, 3.05) is 13.2 Å². The molecule has 0 radical (unpaired) electrons. The lowest BCUT2D eigenvalue weighted by Gasteiger charge is -2.48. The summed E-state index contributed by atoms with van der Waals surface area (Å²) in [6, 6.07) is 6.36. The second-order valence-electron chi connectivity index (χ2n) is 6.87. The van der Waals surface area contributed by atoms with E-state index in [1.54, 1.807) is 19.9 Å². The summed E-state index contributed by atoms with van der Waals surface area (Å²) in [5.74, 6) is -0.486. The van der Waals surface area contributed by atoms with Crippen molar-refractivity contribution in [2.45, 2.75) is 63.7 Å². The largest absolute Gasteiger partial charge is 0.343 e. The van der Waals surface area contributed by atoms with Crippen LogP contribution >= 0.6 is 7.60 Å². The van der Waals surface area contributed by atoms with Gasteiger partial charge in [-0.15, -0.1) is 0 Å². The minimum Gasteiger partial charge on any atom is -0.332 e. The first-order valence-corrected chi connectivity index (χ1v) is 11.1. The van der Waals surface area contributed by atoms with E-state index in [1.807, 2.05) is 11.0 Å². The van der Waals surface area contributed by atoms with Crippen LogP contribution in [-0.2, 0) is 18.4 Å². The zero-order chi connectivity index (χ0) is 18.7. The first-order valence-electron chi connectivity index (χ1n) is 9.46. The third-order valence-electron chi connectivity index (χ3n) is 5.29. The molecule has 2 aliphatic rings. The van der Waals surface area contributed by atoms with Crippen LogP contribution in [0.1, 0.15) is 57.6 Å². The molecule has 0 aromatic heterocycles. The van der Waals surface area contributed by atoms with Crippen LogP contribution in [-0.4, -0.2) is 35.7 Å². The van der Waals surface area contributed by atoms with Crippen molar-refractivity contribution in [3.63, 3.8) is 0 Å². The summed E-state index contributed by atoms with van der Waals surface area (Å²) in [7, 11) is -3.51. The Balaban J connectivity index is 1.91. The highest BCUT2D eigenvalue weighted by molar-refractivity contribution is 7.55. The van der Waals surface area contributed by atoms with E-state index in [1.165, 1.54) is 12.1 Å². The van der Waals surface area contributed by atoms with Gasteiger partial charge in [-0.25, -0.2) is 4.39 Å². The lowest BCUT2D eigenvalue weighted by atomic mass is 9.85. The van der Waals surface area contributed by atoms with Crippen LogP contribution in [0.3, 0.4) is 0 Å². The number of nitrogens with zero attached hydrogens (tertiary/aromatic N) is 1. The Morgan fingerprint density at radius 2 is 1.88 bits per heavy atom. The molecule has 2 heterocycles. The normalized spacial score (nSPS) is 26.7. The number of carbonyl (C=O) groups is 1. The molecule has 1 aromatic rings. The lowest BCUT2D eigenvalue weighted by Crippen LogP contribution is -2.53. The van der Waals surface area contributed by atoms with E-state index in [4.69, 9.17) is 9.05 Å². The Morgan fingerprint density at radius 1 is 1.15 bits per heavy atom. The Labute approximate surface area is 154 Å². The molecule has 144 valence electrons. The Hall–Kier alpha value is -1.23. The fraction of sp³-hybridized carbons (Fsp3) is 0.632. The summed E-state index contributed by atoms with van der Waals surface area (Å²) in [5, 5.41) is 0. The molecule has 2 saturated heterocycles. The molecule has 0 bridgehead atoms. The molecule has 3 rings (SSSR count). The molecule has 26 heavy (non-hydrogen) atoms. The van der Waals surface area contributed by atoms with Gasteiger partial charge in [-0.05, 0) is 63.6 Å². The maximum atomic E-state index is 13.7. The Kier molecular flexibility index (Phi) is 6.16. The van der Waals surface area contributed by atoms with Crippen molar-refractivity contribution < 1.29 is 22.8 Å². The molecular weight excluding hydrogens is 356 g/mol. The van der Waals surface area contributed by atoms with E-state index >= 15 is 0 Å². The van der Waals surface area contributed by atoms with Crippen molar-refractivity contribution in [1.29, 1.82) is 0 Å². The van der Waals surface area contributed by atoms with E-state index in [9.17, 15) is 13.8 Å². The quantitative estimate of drug-likeness (QED) is 0.670. The van der Waals surface area contributed by atoms with Gasteiger partial charge in [-0.1, -0.05) is 12.1 Å². The third kappa shape index (κ3) is 3.73. The van der Waals surface area contributed by atoms with Gasteiger partial charge in [0.25, 0.3) is 0 Å². The molecule has 0 saturated carbocycles. The SMILES string of the molecule is CCOP(=O)(OCC)C1CC[C@@H]2CCC[C@@H](c3cccc(F)c3)N2C1=O. The minimum atomic E-state index is -3.51. The molecule has 0 spiro atoms. The second-order valence-corrected chi connectivity index (χ2v) is 9.09. The lowest BCUT2D eigenvalue weighted by molar-refractivity contribution is -0.142. The van der Waals surface area contributed by atoms with Crippen molar-refractivity contribution in [1.82, 2.24) is 4.90 Å². The first-order chi connectivity index (χ1) is 12.5. The van der Waals surface area contributed by atoms with Crippen LogP contribution in [0, 0.1) is 5.82 Å². The number of fused-ring (bicyclic) bond motifs is 1. The van der Waals surface area contributed by atoms with Gasteiger partial charge in [0, 0.05) is 6.04 Å². The molecule has 1 aromatic carbocycles. The van der Waals surface area contributed by atoms with Crippen LogP contribution in [0.5, 0.6) is 0 Å². The highest BCUT2D eigenvalue weighted by Crippen LogP contribution is 2.57. The Morgan fingerprint density at radius 3 is 2.54 bits per heavy atom. The maximum absolute atomic E-state index is 13.7. The summed E-state index contributed by atoms with van der Waals surface area (Å²) in [6.07, 6.45) is 3.98. The van der Waals surface area contributed by atoms with Gasteiger partial charge in [0.05, 0.1) is 19.3 Å². The second kappa shape index (κ2) is 8.20. The summed E-state index contributed by atoms with van der Waals surface area (Å²) < 4.78 is 37.8. The predicted octanol–water partition coefficient (Wildman–Crippen LogP) is 4.68. The average Bonchev–Trinajstić information content (AvgIpc) is 2.62. The van der Waals surface area contributed by atoms with Gasteiger partial charge in [-0.3, -0.25) is 9.36 Å². The number of amides is 1. The summed E-state index contributed by atoms with van der Waals surface area (Å²) in [6.45, 7) is 3.96. The average molecular weight is 383 g/mol. The van der Waals surface area contributed by atoms with Crippen molar-refractivity contribution >= 4 is 13.5 Å². The molecule has 7 heteroatoms. The molecule has 1 amide bonds. The molecule has 2 aliphatic heterocycles. The molecule has 5 nitrogen and oxygen atoms in total. The van der Waals surface area contributed by atoms with Gasteiger partial charge >= 0.3 is 7.60 Å². The smallest absolute Gasteiger partial charge is 0.332 e. The van der Waals surface area contributed by atoms with E-state index in [-0.39, 0.29) is 37.0 Å². The highest BCUT2D eigenvalue weighted by atomic mass is 31.2. The molecule has 0 aliphatic carbocycles. The fourth-order valence-corrected chi connectivity index (χ4v) is 6.28. The first kappa shape index (κ1) is 19.5. The number of carbonyl (C=O) groups excluding carboxylic acids is 1. The topological polar surface area (TPSA) is 55.8 Å². The van der Waals surface area contributed by atoms with E-state index < -0.39 is 13.3 Å². The zero-order valence-electron chi connectivity index (χ0n) is 15.4. The summed E-state index contributed by atoms with van der Waals surface area (Å²) in [5.41, 5.74) is 0.0270. The van der Waals surface area contributed by atoms with Crippen molar-refractivity contribution in [3.8, 4) is 0 Å². The van der Waals surface area contributed by atoms with Gasteiger partial charge < -0.3 is 13.9 Å². The van der Waals surface area contributed by atoms with E-state index in [0.29, 0.717) is 6.42 Å².